The molecular formula is C12H17N3O5. The molecule has 0 radical (unpaired) electrons. The lowest BCUT2D eigenvalue weighted by atomic mass is 9.97. The first-order valence-electron chi connectivity index (χ1n) is 6.46. The summed E-state index contributed by atoms with van der Waals surface area (Å²) in [6.45, 7) is 0.766. The largest absolute Gasteiger partial charge is 0.481 e. The molecule has 0 aromatic heterocycles. The molecule has 2 N–H and O–H groups in total. The van der Waals surface area contributed by atoms with Crippen LogP contribution in [0.5, 0.6) is 0 Å². The van der Waals surface area contributed by atoms with Crippen LogP contribution in [0.1, 0.15) is 19.3 Å². The smallest absolute Gasteiger partial charge is 0.318 e. The number of urea groups is 1. The van der Waals surface area contributed by atoms with Gasteiger partial charge in [-0.1, -0.05) is 0 Å². The second-order valence-corrected chi connectivity index (χ2v) is 5.20. The normalized spacial score (nSPS) is 23.6. The van der Waals surface area contributed by atoms with E-state index in [1.807, 2.05) is 0 Å². The summed E-state index contributed by atoms with van der Waals surface area (Å²) in [5.41, 5.74) is 0. The van der Waals surface area contributed by atoms with Gasteiger partial charge in [-0.05, 0) is 6.42 Å². The van der Waals surface area contributed by atoms with Crippen molar-refractivity contribution in [2.24, 2.45) is 5.92 Å². The standard InChI is InChI=1S/C12H17N3O5/c1-14-9(16)3-2-8(11(14)19)13-12(20)15-5-7(6-15)4-10(17)18/h7-8H,2-6H2,1H3,(H,13,20)(H,17,18). The van der Waals surface area contributed by atoms with Crippen molar-refractivity contribution in [1.29, 1.82) is 0 Å². The molecule has 8 nitrogen and oxygen atoms in total. The maximum absolute atomic E-state index is 11.9. The van der Waals surface area contributed by atoms with Crippen molar-refractivity contribution in [2.75, 3.05) is 20.1 Å². The lowest BCUT2D eigenvalue weighted by Crippen LogP contribution is -2.59. The van der Waals surface area contributed by atoms with Crippen molar-refractivity contribution in [3.63, 3.8) is 0 Å². The van der Waals surface area contributed by atoms with E-state index in [0.717, 1.165) is 4.90 Å². The number of imide groups is 1. The van der Waals surface area contributed by atoms with Gasteiger partial charge in [0.15, 0.2) is 0 Å². The lowest BCUT2D eigenvalue weighted by molar-refractivity contribution is -0.147. The zero-order chi connectivity index (χ0) is 14.9. The Morgan fingerprint density at radius 1 is 1.35 bits per heavy atom. The van der Waals surface area contributed by atoms with Crippen molar-refractivity contribution in [1.82, 2.24) is 15.1 Å². The van der Waals surface area contributed by atoms with Crippen LogP contribution in [-0.4, -0.2) is 64.9 Å². The summed E-state index contributed by atoms with van der Waals surface area (Å²) >= 11 is 0. The number of likely N-dealkylation sites (tertiary alicyclic amines) is 2. The SMILES string of the molecule is CN1C(=O)CCC(NC(=O)N2CC(CC(=O)O)C2)C1=O. The van der Waals surface area contributed by atoms with Gasteiger partial charge in [0.1, 0.15) is 6.04 Å². The average molecular weight is 283 g/mol. The number of likely N-dealkylation sites (N-methyl/N-ethyl adjacent to an activating group) is 1. The number of carboxylic acid groups (broad SMARTS) is 1. The number of rotatable bonds is 3. The third kappa shape index (κ3) is 2.89. The van der Waals surface area contributed by atoms with Gasteiger partial charge in [-0.25, -0.2) is 4.79 Å². The van der Waals surface area contributed by atoms with Crippen LogP contribution in [0.4, 0.5) is 4.79 Å². The third-order valence-electron chi connectivity index (χ3n) is 3.66. The van der Waals surface area contributed by atoms with Gasteiger partial charge >= 0.3 is 12.0 Å². The number of carbonyl (C=O) groups is 4. The van der Waals surface area contributed by atoms with Gasteiger partial charge in [0.05, 0.1) is 6.42 Å². The fourth-order valence-electron chi connectivity index (χ4n) is 2.40. The van der Waals surface area contributed by atoms with E-state index in [-0.39, 0.29) is 30.7 Å². The van der Waals surface area contributed by atoms with Crippen molar-refractivity contribution >= 4 is 23.8 Å². The van der Waals surface area contributed by atoms with Gasteiger partial charge in [0.25, 0.3) is 5.91 Å². The number of hydrogen-bond acceptors (Lipinski definition) is 4. The molecular weight excluding hydrogens is 266 g/mol. The number of carbonyl (C=O) groups excluding carboxylic acids is 3. The van der Waals surface area contributed by atoms with Crippen LogP contribution in [-0.2, 0) is 14.4 Å². The molecule has 2 aliphatic heterocycles. The molecule has 1 unspecified atom stereocenters. The molecule has 2 saturated heterocycles. The minimum absolute atomic E-state index is 0.0236. The summed E-state index contributed by atoms with van der Waals surface area (Å²) in [5, 5.41) is 11.2. The number of hydrogen-bond donors (Lipinski definition) is 2. The molecule has 8 heteroatoms. The first-order chi connectivity index (χ1) is 9.38. The molecule has 0 saturated carbocycles. The summed E-state index contributed by atoms with van der Waals surface area (Å²) in [5.74, 6) is -1.55. The number of amides is 4. The predicted octanol–water partition coefficient (Wildman–Crippen LogP) is -0.750. The van der Waals surface area contributed by atoms with Crippen LogP contribution in [0.15, 0.2) is 0 Å². The first-order valence-corrected chi connectivity index (χ1v) is 6.46. The van der Waals surface area contributed by atoms with E-state index in [1.54, 1.807) is 0 Å². The third-order valence-corrected chi connectivity index (χ3v) is 3.66. The molecule has 2 heterocycles. The molecule has 0 aromatic rings. The molecule has 0 aromatic carbocycles. The van der Waals surface area contributed by atoms with E-state index >= 15 is 0 Å². The van der Waals surface area contributed by atoms with Gasteiger partial charge in [0.2, 0.25) is 5.91 Å². The maximum Gasteiger partial charge on any atom is 0.318 e. The zero-order valence-corrected chi connectivity index (χ0v) is 11.2. The van der Waals surface area contributed by atoms with Crippen molar-refractivity contribution in [3.8, 4) is 0 Å². The Kier molecular flexibility index (Phi) is 3.91. The Morgan fingerprint density at radius 3 is 2.60 bits per heavy atom. The summed E-state index contributed by atoms with van der Waals surface area (Å²) < 4.78 is 0. The number of aliphatic carboxylic acids is 1. The Balaban J connectivity index is 1.80. The van der Waals surface area contributed by atoms with Crippen LogP contribution >= 0.6 is 0 Å². The number of carboxylic acids is 1. The highest BCUT2D eigenvalue weighted by molar-refractivity contribution is 6.01. The molecule has 110 valence electrons. The summed E-state index contributed by atoms with van der Waals surface area (Å²) in [4.78, 5) is 48.0. The van der Waals surface area contributed by atoms with Crippen molar-refractivity contribution < 1.29 is 24.3 Å². The van der Waals surface area contributed by atoms with E-state index in [2.05, 4.69) is 5.32 Å². The quantitative estimate of drug-likeness (QED) is 0.663. The molecule has 0 spiro atoms. The maximum atomic E-state index is 11.9. The Morgan fingerprint density at radius 2 is 2.00 bits per heavy atom. The van der Waals surface area contributed by atoms with E-state index in [4.69, 9.17) is 5.11 Å². The van der Waals surface area contributed by atoms with E-state index in [9.17, 15) is 19.2 Å². The first kappa shape index (κ1) is 14.3. The van der Waals surface area contributed by atoms with Gasteiger partial charge < -0.3 is 15.3 Å². The zero-order valence-electron chi connectivity index (χ0n) is 11.2. The van der Waals surface area contributed by atoms with E-state index in [1.165, 1.54) is 11.9 Å². The van der Waals surface area contributed by atoms with Crippen LogP contribution < -0.4 is 5.32 Å². The van der Waals surface area contributed by atoms with Gasteiger partial charge in [-0.15, -0.1) is 0 Å². The highest BCUT2D eigenvalue weighted by Crippen LogP contribution is 2.19. The monoisotopic (exact) mass is 283 g/mol. The Labute approximate surface area is 115 Å². The Bertz CT molecular complexity index is 458. The molecule has 2 fully saturated rings. The van der Waals surface area contributed by atoms with Gasteiger partial charge in [-0.2, -0.15) is 0 Å². The number of piperidine rings is 1. The molecule has 4 amide bonds. The van der Waals surface area contributed by atoms with Crippen LogP contribution in [0.2, 0.25) is 0 Å². The summed E-state index contributed by atoms with van der Waals surface area (Å²) in [6, 6.07) is -1.06. The second kappa shape index (κ2) is 5.48. The topological polar surface area (TPSA) is 107 Å². The minimum Gasteiger partial charge on any atom is -0.481 e. The average Bonchev–Trinajstić information content (AvgIpc) is 2.33. The molecule has 0 bridgehead atoms. The molecule has 2 rings (SSSR count). The highest BCUT2D eigenvalue weighted by Gasteiger charge is 2.36. The van der Waals surface area contributed by atoms with E-state index in [0.29, 0.717) is 19.5 Å². The Hall–Kier alpha value is -2.12. The number of nitrogens with one attached hydrogen (secondary N) is 1. The molecule has 0 aliphatic carbocycles. The fraction of sp³-hybridized carbons (Fsp3) is 0.667. The van der Waals surface area contributed by atoms with Gasteiger partial charge in [0, 0.05) is 32.5 Å². The molecule has 20 heavy (non-hydrogen) atoms. The van der Waals surface area contributed by atoms with Crippen LogP contribution in [0, 0.1) is 5.92 Å². The van der Waals surface area contributed by atoms with Crippen LogP contribution in [0.3, 0.4) is 0 Å². The minimum atomic E-state index is -0.877. The van der Waals surface area contributed by atoms with Crippen LogP contribution in [0.25, 0.3) is 0 Å². The second-order valence-electron chi connectivity index (χ2n) is 5.20. The lowest BCUT2D eigenvalue weighted by Gasteiger charge is -2.39. The molecule has 1 atom stereocenters. The van der Waals surface area contributed by atoms with Gasteiger partial charge in [-0.3, -0.25) is 19.3 Å². The predicted molar refractivity (Wildman–Crippen MR) is 66.6 cm³/mol. The van der Waals surface area contributed by atoms with Crippen molar-refractivity contribution in [3.05, 3.63) is 0 Å². The van der Waals surface area contributed by atoms with E-state index < -0.39 is 17.9 Å². The summed E-state index contributed by atoms with van der Waals surface area (Å²) in [7, 11) is 1.40. The highest BCUT2D eigenvalue weighted by atomic mass is 16.4. The van der Waals surface area contributed by atoms with Crippen molar-refractivity contribution in [2.45, 2.75) is 25.3 Å². The number of nitrogens with zero attached hydrogens (tertiary/aromatic N) is 2. The summed E-state index contributed by atoms with van der Waals surface area (Å²) in [6.07, 6.45) is 0.582. The molecule has 2 aliphatic rings. The fourth-order valence-corrected chi connectivity index (χ4v) is 2.40.